The van der Waals surface area contributed by atoms with Crippen molar-refractivity contribution >= 4 is 27.9 Å². The van der Waals surface area contributed by atoms with Crippen molar-refractivity contribution in [3.8, 4) is 11.3 Å². The van der Waals surface area contributed by atoms with Crippen LogP contribution in [-0.4, -0.2) is 15.3 Å². The number of thiazole rings is 1. The van der Waals surface area contributed by atoms with Crippen LogP contribution in [0.3, 0.4) is 0 Å². The molecule has 0 radical (unpaired) electrons. The molecule has 0 saturated heterocycles. The zero-order chi connectivity index (χ0) is 19.8. The number of fused-ring (bicyclic) bond motifs is 1. The predicted molar refractivity (Wildman–Crippen MR) is 111 cm³/mol. The van der Waals surface area contributed by atoms with Crippen molar-refractivity contribution in [2.75, 3.05) is 5.32 Å². The molecule has 0 atom stereocenters. The van der Waals surface area contributed by atoms with Gasteiger partial charge in [0.25, 0.3) is 0 Å². The number of nitrogens with one attached hydrogen (secondary N) is 1. The van der Waals surface area contributed by atoms with E-state index >= 15 is 0 Å². The van der Waals surface area contributed by atoms with E-state index in [1.54, 1.807) is 12.1 Å². The number of aromatic nitrogens is 2. The highest BCUT2D eigenvalue weighted by Crippen LogP contribution is 2.25. The Hall–Kier alpha value is -2.99. The molecule has 0 fully saturated rings. The standard InChI is InChI=1S/C22H20FN3OS/c1-13-8-14(2)21(15(3)9-13)25-20(27)10-18-12-28-22-24-19(11-26(18)22)16-4-6-17(23)7-5-16/h4-9,11-12H,10H2,1-3H3,(H,25,27). The number of carbonyl (C=O) groups is 1. The second kappa shape index (κ2) is 7.20. The Kier molecular flexibility index (Phi) is 4.73. The summed E-state index contributed by atoms with van der Waals surface area (Å²) < 4.78 is 15.1. The van der Waals surface area contributed by atoms with Gasteiger partial charge in [-0.25, -0.2) is 9.37 Å². The number of aryl methyl sites for hydroxylation is 3. The summed E-state index contributed by atoms with van der Waals surface area (Å²) in [6.07, 6.45) is 2.15. The van der Waals surface area contributed by atoms with Gasteiger partial charge in [-0.1, -0.05) is 17.7 Å². The highest BCUT2D eigenvalue weighted by atomic mass is 32.1. The van der Waals surface area contributed by atoms with Gasteiger partial charge in [-0.2, -0.15) is 0 Å². The Morgan fingerprint density at radius 3 is 2.50 bits per heavy atom. The number of imidazole rings is 1. The summed E-state index contributed by atoms with van der Waals surface area (Å²) in [6.45, 7) is 6.05. The number of rotatable bonds is 4. The maximum atomic E-state index is 13.1. The van der Waals surface area contributed by atoms with Gasteiger partial charge in [-0.05, 0) is 56.2 Å². The lowest BCUT2D eigenvalue weighted by atomic mass is 10.0. The van der Waals surface area contributed by atoms with E-state index in [0.717, 1.165) is 38.7 Å². The van der Waals surface area contributed by atoms with Gasteiger partial charge in [0.1, 0.15) is 5.82 Å². The Labute approximate surface area is 166 Å². The second-order valence-electron chi connectivity index (χ2n) is 7.01. The number of hydrogen-bond donors (Lipinski definition) is 1. The number of hydrogen-bond acceptors (Lipinski definition) is 3. The van der Waals surface area contributed by atoms with E-state index in [1.807, 2.05) is 36.7 Å². The van der Waals surface area contributed by atoms with E-state index in [-0.39, 0.29) is 18.1 Å². The van der Waals surface area contributed by atoms with Gasteiger partial charge >= 0.3 is 0 Å². The van der Waals surface area contributed by atoms with Crippen LogP contribution in [0.4, 0.5) is 10.1 Å². The number of nitrogens with zero attached hydrogens (tertiary/aromatic N) is 2. The molecule has 0 aliphatic heterocycles. The molecule has 0 unspecified atom stereocenters. The van der Waals surface area contributed by atoms with Crippen molar-refractivity contribution in [2.24, 2.45) is 0 Å². The average Bonchev–Trinajstić information content (AvgIpc) is 3.21. The highest BCUT2D eigenvalue weighted by molar-refractivity contribution is 7.15. The Morgan fingerprint density at radius 2 is 1.82 bits per heavy atom. The molecular weight excluding hydrogens is 373 g/mol. The molecule has 28 heavy (non-hydrogen) atoms. The Bertz CT molecular complexity index is 1150. The molecule has 0 spiro atoms. The van der Waals surface area contributed by atoms with Crippen LogP contribution in [0.2, 0.25) is 0 Å². The van der Waals surface area contributed by atoms with Crippen molar-refractivity contribution in [3.63, 3.8) is 0 Å². The molecule has 6 heteroatoms. The van der Waals surface area contributed by atoms with Crippen LogP contribution >= 0.6 is 11.3 Å². The zero-order valence-corrected chi connectivity index (χ0v) is 16.7. The molecule has 2 aromatic heterocycles. The zero-order valence-electron chi connectivity index (χ0n) is 15.9. The minimum Gasteiger partial charge on any atom is -0.325 e. The molecule has 142 valence electrons. The largest absolute Gasteiger partial charge is 0.325 e. The highest BCUT2D eigenvalue weighted by Gasteiger charge is 2.14. The molecule has 0 aliphatic rings. The maximum Gasteiger partial charge on any atom is 0.230 e. The molecule has 4 aromatic rings. The summed E-state index contributed by atoms with van der Waals surface area (Å²) in [4.78, 5) is 18.0. The summed E-state index contributed by atoms with van der Waals surface area (Å²) in [5, 5.41) is 4.99. The van der Waals surface area contributed by atoms with Gasteiger partial charge in [0.05, 0.1) is 12.1 Å². The summed E-state index contributed by atoms with van der Waals surface area (Å²) >= 11 is 1.49. The van der Waals surface area contributed by atoms with Crippen molar-refractivity contribution in [1.29, 1.82) is 0 Å². The van der Waals surface area contributed by atoms with Crippen molar-refractivity contribution in [3.05, 3.63) is 76.2 Å². The van der Waals surface area contributed by atoms with Crippen LogP contribution in [0, 0.1) is 26.6 Å². The second-order valence-corrected chi connectivity index (χ2v) is 7.85. The van der Waals surface area contributed by atoms with Crippen LogP contribution in [0.25, 0.3) is 16.2 Å². The SMILES string of the molecule is Cc1cc(C)c(NC(=O)Cc2csc3nc(-c4ccc(F)cc4)cn23)c(C)c1. The van der Waals surface area contributed by atoms with E-state index < -0.39 is 0 Å². The fourth-order valence-electron chi connectivity index (χ4n) is 3.44. The molecule has 0 bridgehead atoms. The lowest BCUT2D eigenvalue weighted by molar-refractivity contribution is -0.115. The minimum atomic E-state index is -0.274. The smallest absolute Gasteiger partial charge is 0.230 e. The van der Waals surface area contributed by atoms with Crippen molar-refractivity contribution < 1.29 is 9.18 Å². The number of carbonyl (C=O) groups excluding carboxylic acids is 1. The first-order valence-corrected chi connectivity index (χ1v) is 9.88. The topological polar surface area (TPSA) is 46.4 Å². The molecule has 1 amide bonds. The third kappa shape index (κ3) is 3.55. The van der Waals surface area contributed by atoms with Gasteiger partial charge in [0.2, 0.25) is 5.91 Å². The van der Waals surface area contributed by atoms with E-state index in [2.05, 4.69) is 22.4 Å². The fourth-order valence-corrected chi connectivity index (χ4v) is 4.31. The normalized spacial score (nSPS) is 11.1. The van der Waals surface area contributed by atoms with Gasteiger partial charge < -0.3 is 5.32 Å². The molecule has 4 rings (SSSR count). The first kappa shape index (κ1) is 18.4. The fraction of sp³-hybridized carbons (Fsp3) is 0.182. The quantitative estimate of drug-likeness (QED) is 0.511. The third-order valence-corrected chi connectivity index (χ3v) is 5.60. The summed E-state index contributed by atoms with van der Waals surface area (Å²) in [5.41, 5.74) is 6.65. The maximum absolute atomic E-state index is 13.1. The third-order valence-electron chi connectivity index (χ3n) is 4.71. The van der Waals surface area contributed by atoms with Crippen LogP contribution in [0.5, 0.6) is 0 Å². The van der Waals surface area contributed by atoms with Gasteiger partial charge in [-0.15, -0.1) is 11.3 Å². The van der Waals surface area contributed by atoms with E-state index in [9.17, 15) is 9.18 Å². The average molecular weight is 393 g/mol. The minimum absolute atomic E-state index is 0.0632. The predicted octanol–water partition coefficient (Wildman–Crippen LogP) is 5.31. The molecule has 1 N–H and O–H groups in total. The summed E-state index contributed by atoms with van der Waals surface area (Å²) in [6, 6.07) is 10.4. The lowest BCUT2D eigenvalue weighted by Crippen LogP contribution is -2.17. The van der Waals surface area contributed by atoms with Crippen LogP contribution < -0.4 is 5.32 Å². The van der Waals surface area contributed by atoms with Crippen LogP contribution in [0.15, 0.2) is 48.0 Å². The van der Waals surface area contributed by atoms with Crippen molar-refractivity contribution in [1.82, 2.24) is 9.38 Å². The van der Waals surface area contributed by atoms with Gasteiger partial charge in [0, 0.05) is 28.5 Å². The first-order chi connectivity index (χ1) is 13.4. The molecule has 2 heterocycles. The Morgan fingerprint density at radius 1 is 1.14 bits per heavy atom. The number of amides is 1. The number of anilines is 1. The molecular formula is C22H20FN3OS. The van der Waals surface area contributed by atoms with Crippen LogP contribution in [0.1, 0.15) is 22.4 Å². The molecule has 0 saturated carbocycles. The molecule has 4 nitrogen and oxygen atoms in total. The van der Waals surface area contributed by atoms with E-state index in [4.69, 9.17) is 0 Å². The lowest BCUT2D eigenvalue weighted by Gasteiger charge is -2.12. The summed E-state index contributed by atoms with van der Waals surface area (Å²) in [5.74, 6) is -0.337. The Balaban J connectivity index is 1.56. The van der Waals surface area contributed by atoms with E-state index in [0.29, 0.717) is 0 Å². The van der Waals surface area contributed by atoms with Gasteiger partial charge in [0.15, 0.2) is 4.96 Å². The molecule has 0 aliphatic carbocycles. The van der Waals surface area contributed by atoms with E-state index in [1.165, 1.54) is 29.0 Å². The summed E-state index contributed by atoms with van der Waals surface area (Å²) in [7, 11) is 0. The van der Waals surface area contributed by atoms with Gasteiger partial charge in [-0.3, -0.25) is 9.20 Å². The molecule has 2 aromatic carbocycles. The first-order valence-electron chi connectivity index (χ1n) is 9.00. The number of benzene rings is 2. The number of halogens is 1. The van der Waals surface area contributed by atoms with Crippen LogP contribution in [-0.2, 0) is 11.2 Å². The van der Waals surface area contributed by atoms with Crippen molar-refractivity contribution in [2.45, 2.75) is 27.2 Å². The monoisotopic (exact) mass is 393 g/mol.